The van der Waals surface area contributed by atoms with Crippen molar-refractivity contribution in [3.05, 3.63) is 59.2 Å². The molecular weight excluding hydrogens is 370 g/mol. The molecule has 3 rings (SSSR count). The number of anilines is 2. The van der Waals surface area contributed by atoms with E-state index in [2.05, 4.69) is 46.7 Å². The summed E-state index contributed by atoms with van der Waals surface area (Å²) in [5, 5.41) is 7.00. The summed E-state index contributed by atoms with van der Waals surface area (Å²) in [6.07, 6.45) is 2.10. The molecule has 6 heteroatoms. The Morgan fingerprint density at radius 2 is 2.07 bits per heavy atom. The van der Waals surface area contributed by atoms with E-state index in [9.17, 15) is 4.79 Å². The number of aryl methyl sites for hydroxylation is 1. The van der Waals surface area contributed by atoms with Gasteiger partial charge in [-0.1, -0.05) is 24.3 Å². The molecule has 1 aliphatic rings. The Hall–Kier alpha value is -2.60. The van der Waals surface area contributed by atoms with Gasteiger partial charge in [0.25, 0.3) is 0 Å². The highest BCUT2D eigenvalue weighted by Gasteiger charge is 2.24. The highest BCUT2D eigenvalue weighted by molar-refractivity contribution is 7.80. The summed E-state index contributed by atoms with van der Waals surface area (Å²) in [5.74, 6) is -0.359. The van der Waals surface area contributed by atoms with Gasteiger partial charge in [0.05, 0.1) is 12.7 Å². The molecule has 5 nitrogen and oxygen atoms in total. The van der Waals surface area contributed by atoms with E-state index in [4.69, 9.17) is 17.0 Å². The molecule has 0 aliphatic carbocycles. The van der Waals surface area contributed by atoms with Crippen molar-refractivity contribution in [1.29, 1.82) is 0 Å². The van der Waals surface area contributed by atoms with E-state index < -0.39 is 0 Å². The Balaban J connectivity index is 1.49. The standard InChI is InChI=1S/C22H27N3O2S/c1-15-9-10-18(21(26)27-3)14-19(15)24-22(28)23-11-6-12-25-16(2)13-17-7-4-5-8-20(17)25/h4-5,7-10,14,16H,6,11-13H2,1-3H3,(H2,23,24,28). The van der Waals surface area contributed by atoms with E-state index in [1.54, 1.807) is 12.1 Å². The van der Waals surface area contributed by atoms with E-state index in [0.29, 0.717) is 16.7 Å². The fraction of sp³-hybridized carbons (Fsp3) is 0.364. The summed E-state index contributed by atoms with van der Waals surface area (Å²) in [6.45, 7) is 6.02. The van der Waals surface area contributed by atoms with Crippen LogP contribution in [0.4, 0.5) is 11.4 Å². The highest BCUT2D eigenvalue weighted by atomic mass is 32.1. The van der Waals surface area contributed by atoms with Gasteiger partial charge < -0.3 is 20.3 Å². The molecule has 1 heterocycles. The second-order valence-electron chi connectivity index (χ2n) is 7.13. The summed E-state index contributed by atoms with van der Waals surface area (Å²) in [7, 11) is 1.38. The number of para-hydroxylation sites is 1. The van der Waals surface area contributed by atoms with Crippen LogP contribution >= 0.6 is 12.2 Å². The monoisotopic (exact) mass is 397 g/mol. The first-order chi connectivity index (χ1) is 13.5. The van der Waals surface area contributed by atoms with Crippen LogP contribution in [0.5, 0.6) is 0 Å². The van der Waals surface area contributed by atoms with Crippen LogP contribution in [0.3, 0.4) is 0 Å². The second-order valence-corrected chi connectivity index (χ2v) is 7.54. The largest absolute Gasteiger partial charge is 0.465 e. The number of fused-ring (bicyclic) bond motifs is 1. The Labute approximate surface area is 172 Å². The minimum absolute atomic E-state index is 0.359. The van der Waals surface area contributed by atoms with Crippen molar-refractivity contribution in [3.63, 3.8) is 0 Å². The third kappa shape index (κ3) is 4.62. The van der Waals surface area contributed by atoms with E-state index in [1.807, 2.05) is 13.0 Å². The summed E-state index contributed by atoms with van der Waals surface area (Å²) in [5.41, 5.74) is 5.11. The van der Waals surface area contributed by atoms with Crippen LogP contribution in [0.2, 0.25) is 0 Å². The molecular formula is C22H27N3O2S. The topological polar surface area (TPSA) is 53.6 Å². The van der Waals surface area contributed by atoms with E-state index >= 15 is 0 Å². The number of methoxy groups -OCH3 is 1. The molecule has 1 unspecified atom stereocenters. The van der Waals surface area contributed by atoms with Gasteiger partial charge in [0.15, 0.2) is 5.11 Å². The lowest BCUT2D eigenvalue weighted by Crippen LogP contribution is -2.34. The van der Waals surface area contributed by atoms with Crippen molar-refractivity contribution >= 4 is 34.7 Å². The Kier molecular flexibility index (Phi) is 6.52. The molecule has 2 aromatic carbocycles. The molecule has 0 spiro atoms. The van der Waals surface area contributed by atoms with E-state index in [1.165, 1.54) is 18.4 Å². The van der Waals surface area contributed by atoms with Crippen molar-refractivity contribution in [2.75, 3.05) is 30.4 Å². The van der Waals surface area contributed by atoms with Crippen LogP contribution in [0, 0.1) is 6.92 Å². The van der Waals surface area contributed by atoms with Gasteiger partial charge in [-0.05, 0) is 68.2 Å². The Morgan fingerprint density at radius 1 is 1.29 bits per heavy atom. The first-order valence-corrected chi connectivity index (χ1v) is 9.98. The van der Waals surface area contributed by atoms with Crippen LogP contribution in [0.25, 0.3) is 0 Å². The van der Waals surface area contributed by atoms with Crippen LogP contribution < -0.4 is 15.5 Å². The van der Waals surface area contributed by atoms with Crippen molar-refractivity contribution in [3.8, 4) is 0 Å². The zero-order valence-corrected chi connectivity index (χ0v) is 17.4. The van der Waals surface area contributed by atoms with Crippen LogP contribution in [0.1, 0.15) is 34.8 Å². The van der Waals surface area contributed by atoms with Gasteiger partial charge in [0.1, 0.15) is 0 Å². The molecule has 0 fully saturated rings. The third-order valence-electron chi connectivity index (χ3n) is 5.12. The van der Waals surface area contributed by atoms with Gasteiger partial charge >= 0.3 is 5.97 Å². The number of rotatable bonds is 6. The molecule has 0 radical (unpaired) electrons. The number of esters is 1. The smallest absolute Gasteiger partial charge is 0.337 e. The molecule has 1 atom stereocenters. The zero-order valence-electron chi connectivity index (χ0n) is 16.6. The van der Waals surface area contributed by atoms with Gasteiger partial charge in [0, 0.05) is 30.5 Å². The number of hydrogen-bond donors (Lipinski definition) is 2. The fourth-order valence-corrected chi connectivity index (χ4v) is 3.80. The number of benzene rings is 2. The number of nitrogens with one attached hydrogen (secondary N) is 2. The fourth-order valence-electron chi connectivity index (χ4n) is 3.59. The van der Waals surface area contributed by atoms with Crippen molar-refractivity contribution in [2.24, 2.45) is 0 Å². The maximum Gasteiger partial charge on any atom is 0.337 e. The number of hydrogen-bond acceptors (Lipinski definition) is 4. The number of thiocarbonyl (C=S) groups is 1. The molecule has 0 aromatic heterocycles. The first kappa shape index (κ1) is 20.1. The minimum Gasteiger partial charge on any atom is -0.465 e. The lowest BCUT2D eigenvalue weighted by molar-refractivity contribution is 0.0601. The Bertz CT molecular complexity index is 869. The van der Waals surface area contributed by atoms with E-state index in [-0.39, 0.29) is 5.97 Å². The van der Waals surface area contributed by atoms with Gasteiger partial charge in [0.2, 0.25) is 0 Å². The molecule has 2 aromatic rings. The van der Waals surface area contributed by atoms with Gasteiger partial charge in [-0.2, -0.15) is 0 Å². The second kappa shape index (κ2) is 9.06. The third-order valence-corrected chi connectivity index (χ3v) is 5.36. The first-order valence-electron chi connectivity index (χ1n) is 9.58. The maximum absolute atomic E-state index is 11.7. The molecule has 0 bridgehead atoms. The summed E-state index contributed by atoms with van der Waals surface area (Å²) < 4.78 is 4.78. The SMILES string of the molecule is COC(=O)c1ccc(C)c(NC(=S)NCCCN2c3ccccc3CC2C)c1. The van der Waals surface area contributed by atoms with Crippen molar-refractivity contribution in [1.82, 2.24) is 5.32 Å². The number of carbonyl (C=O) groups excluding carboxylic acids is 1. The van der Waals surface area contributed by atoms with Gasteiger partial charge in [-0.15, -0.1) is 0 Å². The summed E-state index contributed by atoms with van der Waals surface area (Å²) in [6, 6.07) is 14.6. The predicted octanol–water partition coefficient (Wildman–Crippen LogP) is 3.91. The van der Waals surface area contributed by atoms with E-state index in [0.717, 1.165) is 37.2 Å². The lowest BCUT2D eigenvalue weighted by Gasteiger charge is -2.25. The maximum atomic E-state index is 11.7. The Morgan fingerprint density at radius 3 is 2.86 bits per heavy atom. The quantitative estimate of drug-likeness (QED) is 0.438. The molecule has 28 heavy (non-hydrogen) atoms. The average Bonchev–Trinajstić information content (AvgIpc) is 3.01. The summed E-state index contributed by atoms with van der Waals surface area (Å²) >= 11 is 5.42. The predicted molar refractivity (Wildman–Crippen MR) is 118 cm³/mol. The van der Waals surface area contributed by atoms with Crippen LogP contribution in [-0.2, 0) is 11.2 Å². The van der Waals surface area contributed by atoms with Gasteiger partial charge in [-0.25, -0.2) is 4.79 Å². The molecule has 0 amide bonds. The zero-order chi connectivity index (χ0) is 20.1. The summed E-state index contributed by atoms with van der Waals surface area (Å²) in [4.78, 5) is 14.2. The number of carbonyl (C=O) groups is 1. The van der Waals surface area contributed by atoms with Crippen molar-refractivity contribution in [2.45, 2.75) is 32.7 Å². The molecule has 148 valence electrons. The van der Waals surface area contributed by atoms with Crippen molar-refractivity contribution < 1.29 is 9.53 Å². The number of nitrogens with zero attached hydrogens (tertiary/aromatic N) is 1. The normalized spacial score (nSPS) is 15.1. The molecule has 2 N–H and O–H groups in total. The van der Waals surface area contributed by atoms with Crippen LogP contribution in [-0.4, -0.2) is 37.3 Å². The molecule has 0 saturated heterocycles. The van der Waals surface area contributed by atoms with Crippen LogP contribution in [0.15, 0.2) is 42.5 Å². The minimum atomic E-state index is -0.359. The van der Waals surface area contributed by atoms with Gasteiger partial charge in [-0.3, -0.25) is 0 Å². The lowest BCUT2D eigenvalue weighted by atomic mass is 10.1. The number of ether oxygens (including phenoxy) is 1. The molecule has 0 saturated carbocycles. The highest BCUT2D eigenvalue weighted by Crippen LogP contribution is 2.31. The molecule has 1 aliphatic heterocycles. The average molecular weight is 398 g/mol.